The third-order valence-electron chi connectivity index (χ3n) is 5.94. The molecule has 1 spiro atoms. The zero-order valence-corrected chi connectivity index (χ0v) is 14.7. The van der Waals surface area contributed by atoms with Gasteiger partial charge in [-0.3, -0.25) is 14.5 Å². The smallest absolute Gasteiger partial charge is 0.325 e. The third kappa shape index (κ3) is 2.76. The fourth-order valence-electron chi connectivity index (χ4n) is 4.46. The van der Waals surface area contributed by atoms with Crippen LogP contribution in [0.15, 0.2) is 30.3 Å². The highest BCUT2D eigenvalue weighted by Crippen LogP contribution is 2.35. The van der Waals surface area contributed by atoms with Crippen molar-refractivity contribution in [1.82, 2.24) is 15.1 Å². The van der Waals surface area contributed by atoms with E-state index < -0.39 is 11.6 Å². The van der Waals surface area contributed by atoms with Gasteiger partial charge >= 0.3 is 6.03 Å². The Bertz CT molecular complexity index is 730. The molecule has 1 aromatic rings. The second-order valence-corrected chi connectivity index (χ2v) is 7.59. The van der Waals surface area contributed by atoms with Crippen molar-refractivity contribution in [3.05, 3.63) is 35.9 Å². The average molecular weight is 356 g/mol. The van der Waals surface area contributed by atoms with E-state index in [0.29, 0.717) is 25.9 Å². The number of hydrogen-bond acceptors (Lipinski definition) is 4. The van der Waals surface area contributed by atoms with Gasteiger partial charge in [-0.1, -0.05) is 43.2 Å². The number of imide groups is 1. The van der Waals surface area contributed by atoms with Crippen LogP contribution >= 0.6 is 0 Å². The molecule has 26 heavy (non-hydrogen) atoms. The lowest BCUT2D eigenvalue weighted by atomic mass is 9.95. The van der Waals surface area contributed by atoms with Crippen LogP contribution in [0.3, 0.4) is 0 Å². The lowest BCUT2D eigenvalue weighted by molar-refractivity contribution is -0.138. The third-order valence-corrected chi connectivity index (χ3v) is 5.94. The van der Waals surface area contributed by atoms with Gasteiger partial charge in [0.15, 0.2) is 0 Å². The number of nitrogens with one attached hydrogen (secondary N) is 1. The molecule has 4 rings (SSSR count). The van der Waals surface area contributed by atoms with Crippen LogP contribution in [0.25, 0.3) is 0 Å². The first kappa shape index (κ1) is 17.0. The quantitative estimate of drug-likeness (QED) is 0.783. The Morgan fingerprint density at radius 1 is 1.15 bits per heavy atom. The van der Waals surface area contributed by atoms with Crippen molar-refractivity contribution in [2.45, 2.75) is 43.2 Å². The van der Waals surface area contributed by atoms with E-state index in [0.717, 1.165) is 23.3 Å². The fourth-order valence-corrected chi connectivity index (χ4v) is 4.46. The zero-order valence-electron chi connectivity index (χ0n) is 14.7. The normalized spacial score (nSPS) is 27.4. The van der Waals surface area contributed by atoms with Crippen LogP contribution in [0.4, 0.5) is 4.79 Å². The summed E-state index contributed by atoms with van der Waals surface area (Å²) in [5, 5.41) is 2.81. The molecule has 3 aliphatic rings. The van der Waals surface area contributed by atoms with E-state index in [1.807, 2.05) is 30.3 Å². The molecule has 7 nitrogen and oxygen atoms in total. The predicted octanol–water partition coefficient (Wildman–Crippen LogP) is 0.804. The summed E-state index contributed by atoms with van der Waals surface area (Å²) in [6, 6.07) is 9.30. The van der Waals surface area contributed by atoms with Crippen molar-refractivity contribution in [3.63, 3.8) is 0 Å². The van der Waals surface area contributed by atoms with E-state index in [-0.39, 0.29) is 30.3 Å². The van der Waals surface area contributed by atoms with Crippen LogP contribution in [0, 0.1) is 0 Å². The van der Waals surface area contributed by atoms with Crippen LogP contribution in [0.2, 0.25) is 0 Å². The first-order valence-corrected chi connectivity index (χ1v) is 9.23. The monoisotopic (exact) mass is 356 g/mol. The Kier molecular flexibility index (Phi) is 4.19. The Hall–Kier alpha value is -2.41. The fraction of sp³-hybridized carbons (Fsp3) is 0.526. The molecule has 4 amide bonds. The Balaban J connectivity index is 1.43. The minimum absolute atomic E-state index is 0.0735. The van der Waals surface area contributed by atoms with Gasteiger partial charge in [-0.05, 0) is 18.4 Å². The summed E-state index contributed by atoms with van der Waals surface area (Å²) in [7, 11) is 0. The second-order valence-electron chi connectivity index (χ2n) is 7.59. The Morgan fingerprint density at radius 2 is 1.85 bits per heavy atom. The second kappa shape index (κ2) is 6.39. The maximum atomic E-state index is 12.7. The number of hydrogen-bond donors (Lipinski definition) is 2. The molecule has 1 aliphatic carbocycles. The summed E-state index contributed by atoms with van der Waals surface area (Å²) < 4.78 is 0. The highest BCUT2D eigenvalue weighted by molar-refractivity contribution is 6.09. The summed E-state index contributed by atoms with van der Waals surface area (Å²) in [5.74, 6) is -0.404. The molecule has 2 heterocycles. The van der Waals surface area contributed by atoms with Gasteiger partial charge in [-0.25, -0.2) is 4.79 Å². The molecular formula is C19H24N4O3. The van der Waals surface area contributed by atoms with Crippen LogP contribution in [-0.2, 0) is 9.59 Å². The summed E-state index contributed by atoms with van der Waals surface area (Å²) in [4.78, 5) is 40.4. The van der Waals surface area contributed by atoms with Crippen molar-refractivity contribution < 1.29 is 14.4 Å². The standard InChI is InChI=1S/C19H24N4O3/c20-15-11-22(10-14(15)13-6-2-1-3-7-13)16(24)12-23-17(25)19(21-18(23)26)8-4-5-9-19/h1-3,6-7,14-15H,4-5,8-12,20H2,(H,21,26)/t14-,15+/m0/s1. The molecule has 2 atom stereocenters. The largest absolute Gasteiger partial charge is 0.339 e. The first-order chi connectivity index (χ1) is 12.5. The number of urea groups is 1. The topological polar surface area (TPSA) is 95.7 Å². The van der Waals surface area contributed by atoms with Gasteiger partial charge in [-0.2, -0.15) is 0 Å². The molecule has 1 aromatic carbocycles. The van der Waals surface area contributed by atoms with Gasteiger partial charge in [0, 0.05) is 25.0 Å². The van der Waals surface area contributed by atoms with E-state index in [1.165, 1.54) is 0 Å². The molecule has 138 valence electrons. The molecule has 0 aromatic heterocycles. The van der Waals surface area contributed by atoms with E-state index in [4.69, 9.17) is 5.73 Å². The highest BCUT2D eigenvalue weighted by Gasteiger charge is 2.53. The Labute approximate surface area is 152 Å². The average Bonchev–Trinajstić information content (AvgIpc) is 3.32. The van der Waals surface area contributed by atoms with E-state index in [1.54, 1.807) is 4.90 Å². The van der Waals surface area contributed by atoms with Gasteiger partial charge in [-0.15, -0.1) is 0 Å². The number of carbonyl (C=O) groups excluding carboxylic acids is 3. The number of nitrogens with two attached hydrogens (primary N) is 1. The number of amides is 4. The molecule has 0 radical (unpaired) electrons. The lowest BCUT2D eigenvalue weighted by Gasteiger charge is -2.22. The maximum Gasteiger partial charge on any atom is 0.325 e. The minimum Gasteiger partial charge on any atom is -0.339 e. The van der Waals surface area contributed by atoms with Crippen molar-refractivity contribution in [2.24, 2.45) is 5.73 Å². The summed E-state index contributed by atoms with van der Waals surface area (Å²) >= 11 is 0. The van der Waals surface area contributed by atoms with Crippen molar-refractivity contribution in [3.8, 4) is 0 Å². The number of likely N-dealkylation sites (tertiary alicyclic amines) is 1. The number of benzene rings is 1. The Morgan fingerprint density at radius 3 is 2.54 bits per heavy atom. The van der Waals surface area contributed by atoms with Crippen molar-refractivity contribution in [2.75, 3.05) is 19.6 Å². The van der Waals surface area contributed by atoms with Gasteiger partial charge < -0.3 is 16.0 Å². The molecule has 0 unspecified atom stereocenters. The van der Waals surface area contributed by atoms with Crippen LogP contribution < -0.4 is 11.1 Å². The molecule has 7 heteroatoms. The maximum absolute atomic E-state index is 12.7. The molecule has 0 bridgehead atoms. The van der Waals surface area contributed by atoms with E-state index >= 15 is 0 Å². The molecule has 2 saturated heterocycles. The number of rotatable bonds is 3. The zero-order chi connectivity index (χ0) is 18.3. The van der Waals surface area contributed by atoms with Crippen LogP contribution in [0.5, 0.6) is 0 Å². The summed E-state index contributed by atoms with van der Waals surface area (Å²) in [5.41, 5.74) is 6.58. The van der Waals surface area contributed by atoms with Crippen LogP contribution in [-0.4, -0.2) is 58.9 Å². The van der Waals surface area contributed by atoms with Crippen LogP contribution in [0.1, 0.15) is 37.2 Å². The van der Waals surface area contributed by atoms with Gasteiger partial charge in [0.25, 0.3) is 5.91 Å². The van der Waals surface area contributed by atoms with Gasteiger partial charge in [0.05, 0.1) is 0 Å². The predicted molar refractivity (Wildman–Crippen MR) is 95.2 cm³/mol. The van der Waals surface area contributed by atoms with Gasteiger partial charge in [0.2, 0.25) is 5.91 Å². The first-order valence-electron chi connectivity index (χ1n) is 9.23. The lowest BCUT2D eigenvalue weighted by Crippen LogP contribution is -2.46. The van der Waals surface area contributed by atoms with E-state index in [2.05, 4.69) is 5.32 Å². The summed E-state index contributed by atoms with van der Waals surface area (Å²) in [6.45, 7) is 0.743. The van der Waals surface area contributed by atoms with Crippen molar-refractivity contribution in [1.29, 1.82) is 0 Å². The van der Waals surface area contributed by atoms with E-state index in [9.17, 15) is 14.4 Å². The molecule has 1 saturated carbocycles. The van der Waals surface area contributed by atoms with Gasteiger partial charge in [0.1, 0.15) is 12.1 Å². The molecule has 2 aliphatic heterocycles. The minimum atomic E-state index is -0.772. The SMILES string of the molecule is N[C@@H]1CN(C(=O)CN2C(=O)NC3(CCCC3)C2=O)C[C@H]1c1ccccc1. The van der Waals surface area contributed by atoms with Crippen molar-refractivity contribution >= 4 is 17.8 Å². The highest BCUT2D eigenvalue weighted by atomic mass is 16.2. The molecular weight excluding hydrogens is 332 g/mol. The summed E-state index contributed by atoms with van der Waals surface area (Å²) in [6.07, 6.45) is 3.17. The number of nitrogens with zero attached hydrogens (tertiary/aromatic N) is 2. The number of carbonyl (C=O) groups is 3. The molecule has 3 N–H and O–H groups in total. The molecule has 3 fully saturated rings.